The smallest absolute Gasteiger partial charge is 0.489 e. The second kappa shape index (κ2) is 29.3. The van der Waals surface area contributed by atoms with E-state index in [0.29, 0.717) is 104 Å². The number of allylic oxidation sites excluding steroid dienone is 2. The van der Waals surface area contributed by atoms with Crippen LogP contribution in [-0.4, -0.2) is 175 Å². The summed E-state index contributed by atoms with van der Waals surface area (Å²) >= 11 is 6.04. The van der Waals surface area contributed by atoms with Gasteiger partial charge in [-0.3, -0.25) is 0 Å². The van der Waals surface area contributed by atoms with Gasteiger partial charge in [-0.25, -0.2) is 29.5 Å². The average Bonchev–Trinajstić information content (AvgIpc) is 1.54. The van der Waals surface area contributed by atoms with Crippen LogP contribution < -0.4 is 24.7 Å². The van der Waals surface area contributed by atoms with Gasteiger partial charge in [0.25, 0.3) is 11.5 Å². The summed E-state index contributed by atoms with van der Waals surface area (Å²) in [6, 6.07) is 32.5. The molecule has 22 nitrogen and oxygen atoms in total. The summed E-state index contributed by atoms with van der Waals surface area (Å²) < 4.78 is 46.3. The second-order valence-electron chi connectivity index (χ2n) is 27.5. The van der Waals surface area contributed by atoms with E-state index in [9.17, 15) is 20.1 Å². The maximum atomic E-state index is 12.4. The fourth-order valence-corrected chi connectivity index (χ4v) is 12.1. The summed E-state index contributed by atoms with van der Waals surface area (Å²) in [4.78, 5) is 59.3. The van der Waals surface area contributed by atoms with E-state index in [2.05, 4.69) is 102 Å². The van der Waals surface area contributed by atoms with Crippen molar-refractivity contribution in [3.05, 3.63) is 131 Å². The quantitative estimate of drug-likeness (QED) is 0.0932. The predicted molar refractivity (Wildman–Crippen MR) is 370 cm³/mol. The van der Waals surface area contributed by atoms with Gasteiger partial charge in [0.1, 0.15) is 59.1 Å². The lowest BCUT2D eigenvalue weighted by molar-refractivity contribution is 0.00578. The van der Waals surface area contributed by atoms with Gasteiger partial charge in [0, 0.05) is 113 Å². The molecule has 0 bridgehead atoms. The van der Waals surface area contributed by atoms with Gasteiger partial charge < -0.3 is 57.3 Å². The highest BCUT2D eigenvalue weighted by atomic mass is 35.5. The second-order valence-corrected chi connectivity index (χ2v) is 27.9. The first kappa shape index (κ1) is 68.6. The van der Waals surface area contributed by atoms with Crippen molar-refractivity contribution in [2.75, 3.05) is 88.6 Å². The number of aliphatic imine (C=N–C) groups is 4. The molecule has 0 saturated carbocycles. The Bertz CT molecular complexity index is 3900. The molecule has 4 aromatic carbocycles. The van der Waals surface area contributed by atoms with Crippen molar-refractivity contribution in [3.8, 4) is 34.9 Å². The Morgan fingerprint density at radius 2 is 1.08 bits per heavy atom. The number of likely N-dealkylation sites (tertiary alicyclic amines) is 2. The minimum atomic E-state index is -0.528. The molecular weight excluding hydrogens is 1240 g/mol. The number of carbonyl (C=O) groups is 2. The molecule has 13 rings (SSSR count). The maximum absolute atomic E-state index is 12.4. The van der Waals surface area contributed by atoms with Crippen LogP contribution in [0.5, 0.6) is 11.5 Å². The summed E-state index contributed by atoms with van der Waals surface area (Å²) in [5.41, 5.74) is 10.8. The van der Waals surface area contributed by atoms with Gasteiger partial charge in [-0.2, -0.15) is 10.5 Å². The molecule has 0 N–H and O–H groups in total. The third kappa shape index (κ3) is 16.7. The van der Waals surface area contributed by atoms with Gasteiger partial charge in [-0.15, -0.1) is 0 Å². The van der Waals surface area contributed by atoms with Crippen LogP contribution in [0.1, 0.15) is 129 Å². The largest absolute Gasteiger partial charge is 0.494 e. The van der Waals surface area contributed by atoms with Crippen molar-refractivity contribution in [1.82, 2.24) is 19.8 Å². The van der Waals surface area contributed by atoms with Gasteiger partial charge >= 0.3 is 19.3 Å². The Kier molecular flexibility index (Phi) is 20.9. The van der Waals surface area contributed by atoms with Crippen LogP contribution >= 0.6 is 11.6 Å². The molecule has 1 aromatic heterocycles. The van der Waals surface area contributed by atoms with Crippen LogP contribution in [0.25, 0.3) is 11.3 Å². The number of carbonyl (C=O) groups excluding carboxylic acids is 2. The standard InChI is InChI=1S/C33H36N6O4.C23H33BN2O5.C16H14ClN4O/c1-33(2,3)43-32(40)39-12-10-26(11-13-39)42-29-9-6-23(18-24(29)20-34)30-31-28(35-21-36-30)19-27(37-31)22-4-7-25(8-5-22)38-14-16-41-17-15-38;1-21(2,3)29-20(27)26-12-10-18(11-13-26)28-19-9-8-17(14-16(19)15-25)24-30-22(4,5)23(6,7)31-24;17-16-15-14(18-10-19-16)9-13(20-15)11-1-3-12(4-2-11)21-5-7-22-8-6-21/h4-9,18,21,26H,10-17,19H2,1-3H3;8-9,14,18H,10-13H2,1-7H3;1-4H,5-9H2/q;;+1. The topological polar surface area (TPSA) is 244 Å². The van der Waals surface area contributed by atoms with Crippen LogP contribution in [0.15, 0.2) is 123 Å². The van der Waals surface area contributed by atoms with E-state index >= 15 is 0 Å². The molecule has 5 saturated heterocycles. The molecule has 96 heavy (non-hydrogen) atoms. The third-order valence-electron chi connectivity index (χ3n) is 17.8. The molecule has 2 amide bonds. The number of amides is 2. The van der Waals surface area contributed by atoms with E-state index in [1.807, 2.05) is 87.4 Å². The van der Waals surface area contributed by atoms with Crippen LogP contribution in [-0.2, 0) is 34.7 Å². The third-order valence-corrected chi connectivity index (χ3v) is 18.1. The number of nitriles is 2. The maximum Gasteiger partial charge on any atom is 0.494 e. The van der Waals surface area contributed by atoms with E-state index < -0.39 is 29.5 Å². The molecular formula is C72H83BClN12O10+. The lowest BCUT2D eigenvalue weighted by Gasteiger charge is -2.33. The van der Waals surface area contributed by atoms with E-state index in [-0.39, 0.29) is 24.4 Å². The van der Waals surface area contributed by atoms with Gasteiger partial charge in [0.15, 0.2) is 5.70 Å². The Balaban J connectivity index is 0.000000155. The van der Waals surface area contributed by atoms with Crippen LogP contribution in [0.2, 0.25) is 0 Å². The summed E-state index contributed by atoms with van der Waals surface area (Å²) in [7, 11) is -0.525. The molecule has 9 heterocycles. The Labute approximate surface area is 567 Å². The van der Waals surface area contributed by atoms with Gasteiger partial charge in [-0.1, -0.05) is 30.3 Å². The highest BCUT2D eigenvalue weighted by Crippen LogP contribution is 2.40. The number of fused-ring (bicyclic) bond motifs is 1. The molecule has 0 spiro atoms. The number of piperidine rings is 2. The van der Waals surface area contributed by atoms with Crippen molar-refractivity contribution in [1.29, 1.82) is 10.5 Å². The Morgan fingerprint density at radius 3 is 1.56 bits per heavy atom. The molecule has 8 aliphatic heterocycles. The fraction of sp³-hybridized carbons (Fsp3) is 0.472. The van der Waals surface area contributed by atoms with Gasteiger partial charge in [-0.05, 0) is 150 Å². The molecule has 8 aliphatic rings. The molecule has 500 valence electrons. The summed E-state index contributed by atoms with van der Waals surface area (Å²) in [5.74, 6) is 1.07. The number of benzene rings is 4. The first-order chi connectivity index (χ1) is 45.9. The van der Waals surface area contributed by atoms with Crippen LogP contribution in [0, 0.1) is 22.7 Å². The SMILES string of the molecule is CC(C)(C)OC(=O)N1CCC(Oc2ccc(-c3ncnc4c3N=C(c3ccc(N5CCOCC5)cc3)C4)cc2C#N)CC1.CC(C)(C)OC(=O)N1CCC(Oc2ccc(B3OC(C)(C)C(C)(C)O3)cc2C#N)CC1.ClC1=N[C+]=NC2=C1N=C(c1ccc(N3CCOCC3)cc1)C2. The molecule has 24 heteroatoms. The Morgan fingerprint density at radius 1 is 0.615 bits per heavy atom. The zero-order valence-electron chi connectivity index (χ0n) is 56.4. The van der Waals surface area contributed by atoms with E-state index in [1.54, 1.807) is 34.3 Å². The molecule has 0 atom stereocenters. The molecule has 0 unspecified atom stereocenters. The van der Waals surface area contributed by atoms with Crippen LogP contribution in [0.4, 0.5) is 26.7 Å². The number of morpholine rings is 2. The number of nitrogens with zero attached hydrogens (tertiary/aromatic N) is 12. The number of hydrogen-bond acceptors (Lipinski definition) is 20. The average molecular weight is 1320 g/mol. The number of anilines is 2. The minimum Gasteiger partial charge on any atom is -0.489 e. The minimum absolute atomic E-state index is 0.0616. The van der Waals surface area contributed by atoms with Gasteiger partial charge in [0.05, 0.1) is 78.0 Å². The van der Waals surface area contributed by atoms with Crippen molar-refractivity contribution in [2.24, 2.45) is 20.0 Å². The zero-order valence-corrected chi connectivity index (χ0v) is 57.2. The molecule has 0 aliphatic carbocycles. The van der Waals surface area contributed by atoms with Crippen molar-refractivity contribution in [2.45, 2.75) is 142 Å². The Hall–Kier alpha value is -8.80. The normalized spacial score (nSPS) is 19.2. The van der Waals surface area contributed by atoms with Crippen molar-refractivity contribution < 1.29 is 47.3 Å². The number of hydrogen-bond donors (Lipinski definition) is 0. The lowest BCUT2D eigenvalue weighted by atomic mass is 9.78. The molecule has 0 radical (unpaired) electrons. The number of halogens is 1. The van der Waals surface area contributed by atoms with Crippen molar-refractivity contribution >= 4 is 76.4 Å². The number of ether oxygens (including phenoxy) is 6. The van der Waals surface area contributed by atoms with Gasteiger partial charge in [0.2, 0.25) is 5.70 Å². The number of aromatic nitrogens is 2. The lowest BCUT2D eigenvalue weighted by Crippen LogP contribution is -2.44. The van der Waals surface area contributed by atoms with E-state index in [1.165, 1.54) is 11.4 Å². The molecule has 5 fully saturated rings. The first-order valence-electron chi connectivity index (χ1n) is 32.9. The fourth-order valence-electron chi connectivity index (χ4n) is 11.9. The summed E-state index contributed by atoms with van der Waals surface area (Å²) in [5, 5.41) is 20.0. The highest BCUT2D eigenvalue weighted by molar-refractivity contribution is 6.70. The monoisotopic (exact) mass is 1320 g/mol. The van der Waals surface area contributed by atoms with E-state index in [0.717, 1.165) is 103 Å². The van der Waals surface area contributed by atoms with Crippen LogP contribution in [0.3, 0.4) is 0 Å². The van der Waals surface area contributed by atoms with Crippen molar-refractivity contribution in [3.63, 3.8) is 0 Å². The number of rotatable bonds is 10. The highest BCUT2D eigenvalue weighted by Gasteiger charge is 2.52. The zero-order chi connectivity index (χ0) is 67.9. The predicted octanol–water partition coefficient (Wildman–Crippen LogP) is 11.4. The summed E-state index contributed by atoms with van der Waals surface area (Å²) in [6.07, 6.45) is 7.35. The first-order valence-corrected chi connectivity index (χ1v) is 33.3. The van der Waals surface area contributed by atoms with E-state index in [4.69, 9.17) is 54.3 Å². The molecule has 5 aromatic rings. The summed E-state index contributed by atoms with van der Waals surface area (Å²) in [6.45, 7) is 28.1.